The summed E-state index contributed by atoms with van der Waals surface area (Å²) in [6.07, 6.45) is 0.515. The third kappa shape index (κ3) is 5.77. The number of benzene rings is 1. The number of ether oxygens (including phenoxy) is 1. The van der Waals surface area contributed by atoms with Crippen LogP contribution in [-0.4, -0.2) is 35.3 Å². The highest BCUT2D eigenvalue weighted by molar-refractivity contribution is 6.29. The Kier molecular flexibility index (Phi) is 6.92. The van der Waals surface area contributed by atoms with Crippen molar-refractivity contribution in [3.05, 3.63) is 65.6 Å². The fourth-order valence-electron chi connectivity index (χ4n) is 3.88. The normalized spacial score (nSPS) is 15.9. The predicted molar refractivity (Wildman–Crippen MR) is 124 cm³/mol. The zero-order valence-electron chi connectivity index (χ0n) is 18.3. The van der Waals surface area contributed by atoms with E-state index in [-0.39, 0.29) is 5.75 Å². The summed E-state index contributed by atoms with van der Waals surface area (Å²) in [5.41, 5.74) is 2.15. The second kappa shape index (κ2) is 9.89. The highest BCUT2D eigenvalue weighted by Crippen LogP contribution is 2.34. The molecule has 10 heteroatoms. The van der Waals surface area contributed by atoms with E-state index in [4.69, 9.17) is 11.6 Å². The number of nitrogens with zero attached hydrogens (tertiary/aromatic N) is 3. The molecule has 1 amide bonds. The molecular weight excluding hydrogens is 469 g/mol. The molecule has 0 spiro atoms. The van der Waals surface area contributed by atoms with Gasteiger partial charge >= 0.3 is 6.36 Å². The van der Waals surface area contributed by atoms with E-state index < -0.39 is 12.3 Å². The van der Waals surface area contributed by atoms with E-state index >= 15 is 0 Å². The molecule has 0 saturated carbocycles. The first-order valence-corrected chi connectivity index (χ1v) is 11.1. The van der Waals surface area contributed by atoms with Gasteiger partial charge in [0.25, 0.3) is 5.91 Å². The van der Waals surface area contributed by atoms with Crippen molar-refractivity contribution in [3.63, 3.8) is 0 Å². The Morgan fingerprint density at radius 2 is 1.94 bits per heavy atom. The van der Waals surface area contributed by atoms with Crippen LogP contribution in [0.4, 0.5) is 24.7 Å². The zero-order chi connectivity index (χ0) is 24.3. The van der Waals surface area contributed by atoms with E-state index in [0.717, 1.165) is 55.0 Å². The fourth-order valence-corrected chi connectivity index (χ4v) is 3.99. The molecule has 0 radical (unpaired) electrons. The van der Waals surface area contributed by atoms with E-state index in [9.17, 15) is 18.0 Å². The largest absolute Gasteiger partial charge is 0.573 e. The van der Waals surface area contributed by atoms with Crippen LogP contribution < -0.4 is 15.0 Å². The molecule has 0 unspecified atom stereocenters. The molecule has 6 nitrogen and oxygen atoms in total. The van der Waals surface area contributed by atoms with Crippen LogP contribution in [0.1, 0.15) is 30.1 Å². The maximum atomic E-state index is 12.9. The number of pyridine rings is 2. The predicted octanol–water partition coefficient (Wildman–Crippen LogP) is 6.18. The quantitative estimate of drug-likeness (QED) is 0.418. The number of hydrogen-bond acceptors (Lipinski definition) is 5. The molecule has 1 aromatic carbocycles. The SMILES string of the molecule is CC[C@H]1CCN(c2ncc(C(=O)Nc3ccc(OC(F)(F)F)cc3)cc2-c2ccc(Cl)nc2)C1. The second-order valence-electron chi connectivity index (χ2n) is 8.00. The highest BCUT2D eigenvalue weighted by atomic mass is 35.5. The Morgan fingerprint density at radius 1 is 1.18 bits per heavy atom. The van der Waals surface area contributed by atoms with Gasteiger partial charge in [0.05, 0.1) is 5.56 Å². The minimum absolute atomic E-state index is 0.301. The molecule has 1 aliphatic rings. The van der Waals surface area contributed by atoms with Crippen LogP contribution >= 0.6 is 11.6 Å². The van der Waals surface area contributed by atoms with Gasteiger partial charge in [0.2, 0.25) is 0 Å². The summed E-state index contributed by atoms with van der Waals surface area (Å²) in [5, 5.41) is 3.03. The van der Waals surface area contributed by atoms with Crippen LogP contribution in [0.3, 0.4) is 0 Å². The van der Waals surface area contributed by atoms with Gasteiger partial charge in [0.15, 0.2) is 0 Å². The van der Waals surface area contributed by atoms with E-state index in [1.807, 2.05) is 6.07 Å². The van der Waals surface area contributed by atoms with E-state index in [1.54, 1.807) is 18.3 Å². The molecule has 1 aliphatic heterocycles. The Bertz CT molecular complexity index is 1150. The van der Waals surface area contributed by atoms with Crippen molar-refractivity contribution in [3.8, 4) is 16.9 Å². The molecule has 1 fully saturated rings. The average Bonchev–Trinajstić information content (AvgIpc) is 3.29. The van der Waals surface area contributed by atoms with Crippen LogP contribution in [0.5, 0.6) is 5.75 Å². The van der Waals surface area contributed by atoms with Crippen molar-refractivity contribution in [2.75, 3.05) is 23.3 Å². The van der Waals surface area contributed by atoms with Crippen molar-refractivity contribution in [1.82, 2.24) is 9.97 Å². The van der Waals surface area contributed by atoms with Crippen LogP contribution in [0.15, 0.2) is 54.9 Å². The van der Waals surface area contributed by atoms with E-state index in [1.165, 1.54) is 18.3 Å². The first-order valence-electron chi connectivity index (χ1n) is 10.8. The number of carbonyl (C=O) groups excluding carboxylic acids is 1. The molecular formula is C24H22ClF3N4O2. The average molecular weight is 491 g/mol. The molecule has 178 valence electrons. The zero-order valence-corrected chi connectivity index (χ0v) is 19.0. The standard InChI is InChI=1S/C24H22ClF3N4O2/c1-2-15-9-10-32(14-15)22-20(16-3-8-21(25)29-12-16)11-17(13-30-22)23(33)31-18-4-6-19(7-5-18)34-24(26,27)28/h3-8,11-13,15H,2,9-10,14H2,1H3,(H,31,33)/t15-/m0/s1. The van der Waals surface area contributed by atoms with Crippen LogP contribution in [0.2, 0.25) is 5.15 Å². The van der Waals surface area contributed by atoms with Gasteiger partial charge in [-0.2, -0.15) is 0 Å². The molecule has 2 aromatic heterocycles. The Balaban J connectivity index is 1.59. The minimum Gasteiger partial charge on any atom is -0.406 e. The molecule has 34 heavy (non-hydrogen) atoms. The summed E-state index contributed by atoms with van der Waals surface area (Å²) in [6, 6.07) is 10.2. The molecule has 4 rings (SSSR count). The second-order valence-corrected chi connectivity index (χ2v) is 8.39. The van der Waals surface area contributed by atoms with Crippen molar-refractivity contribution in [2.45, 2.75) is 26.1 Å². The third-order valence-electron chi connectivity index (χ3n) is 5.68. The first kappa shape index (κ1) is 23.8. The van der Waals surface area contributed by atoms with Gasteiger partial charge in [-0.25, -0.2) is 9.97 Å². The van der Waals surface area contributed by atoms with Gasteiger partial charge in [-0.15, -0.1) is 13.2 Å². The van der Waals surface area contributed by atoms with Gasteiger partial charge in [-0.05, 0) is 54.8 Å². The van der Waals surface area contributed by atoms with Crippen LogP contribution in [-0.2, 0) is 0 Å². The van der Waals surface area contributed by atoms with Crippen molar-refractivity contribution in [1.29, 1.82) is 0 Å². The van der Waals surface area contributed by atoms with E-state index in [2.05, 4.69) is 31.8 Å². The van der Waals surface area contributed by atoms with Crippen molar-refractivity contribution in [2.24, 2.45) is 5.92 Å². The number of aromatic nitrogens is 2. The summed E-state index contributed by atoms with van der Waals surface area (Å²) >= 11 is 5.95. The van der Waals surface area contributed by atoms with Crippen molar-refractivity contribution < 1.29 is 22.7 Å². The lowest BCUT2D eigenvalue weighted by Gasteiger charge is -2.21. The molecule has 1 N–H and O–H groups in total. The minimum atomic E-state index is -4.78. The molecule has 0 aliphatic carbocycles. The lowest BCUT2D eigenvalue weighted by atomic mass is 10.1. The Labute approximate surface area is 199 Å². The molecule has 0 bridgehead atoms. The Morgan fingerprint density at radius 3 is 2.56 bits per heavy atom. The molecule has 1 saturated heterocycles. The molecule has 1 atom stereocenters. The Hall–Kier alpha value is -3.33. The van der Waals surface area contributed by atoms with Crippen molar-refractivity contribution >= 4 is 29.0 Å². The molecule has 3 heterocycles. The number of nitrogens with one attached hydrogen (secondary N) is 1. The number of amides is 1. The summed E-state index contributed by atoms with van der Waals surface area (Å²) in [5.74, 6) is 0.542. The maximum absolute atomic E-state index is 12.9. The van der Waals surface area contributed by atoms with Gasteiger partial charge in [-0.3, -0.25) is 4.79 Å². The summed E-state index contributed by atoms with van der Waals surface area (Å²) in [7, 11) is 0. The van der Waals surface area contributed by atoms with Gasteiger partial charge in [0, 0.05) is 42.3 Å². The van der Waals surface area contributed by atoms with Gasteiger partial charge < -0.3 is 15.0 Å². The number of hydrogen-bond donors (Lipinski definition) is 1. The fraction of sp³-hybridized carbons (Fsp3) is 0.292. The number of anilines is 2. The maximum Gasteiger partial charge on any atom is 0.573 e. The van der Waals surface area contributed by atoms with E-state index in [0.29, 0.717) is 22.3 Å². The summed E-state index contributed by atoms with van der Waals surface area (Å²) < 4.78 is 40.9. The van der Waals surface area contributed by atoms with Gasteiger partial charge in [0.1, 0.15) is 16.7 Å². The smallest absolute Gasteiger partial charge is 0.406 e. The lowest BCUT2D eigenvalue weighted by Crippen LogP contribution is -2.22. The first-order chi connectivity index (χ1) is 16.2. The van der Waals surface area contributed by atoms with Gasteiger partial charge in [-0.1, -0.05) is 24.9 Å². The van der Waals surface area contributed by atoms with Crippen LogP contribution in [0, 0.1) is 5.92 Å². The summed E-state index contributed by atoms with van der Waals surface area (Å²) in [4.78, 5) is 23.9. The third-order valence-corrected chi connectivity index (χ3v) is 5.90. The lowest BCUT2D eigenvalue weighted by molar-refractivity contribution is -0.274. The highest BCUT2D eigenvalue weighted by Gasteiger charge is 2.31. The topological polar surface area (TPSA) is 67.4 Å². The summed E-state index contributed by atoms with van der Waals surface area (Å²) in [6.45, 7) is 3.92. The monoisotopic (exact) mass is 490 g/mol. The number of rotatable bonds is 6. The number of halogens is 4. The number of carbonyl (C=O) groups is 1. The molecule has 3 aromatic rings. The van der Waals surface area contributed by atoms with Crippen LogP contribution in [0.25, 0.3) is 11.1 Å². The number of alkyl halides is 3.